The van der Waals surface area contributed by atoms with E-state index in [1.807, 2.05) is 0 Å². The van der Waals surface area contributed by atoms with Crippen molar-refractivity contribution in [3.8, 4) is 0 Å². The highest BCUT2D eigenvalue weighted by Gasteiger charge is 2.66. The third-order valence-corrected chi connectivity index (χ3v) is 10.5. The maximum Gasteiger partial charge on any atom is 0.392 e. The average molecular weight is 399 g/mol. The summed E-state index contributed by atoms with van der Waals surface area (Å²) in [5.74, 6) is 1.30. The van der Waals surface area contributed by atoms with E-state index in [4.69, 9.17) is 0 Å². The van der Waals surface area contributed by atoms with Crippen LogP contribution < -0.4 is 0 Å². The van der Waals surface area contributed by atoms with E-state index in [9.17, 15) is 13.2 Å². The van der Waals surface area contributed by atoms with Crippen LogP contribution in [0.25, 0.3) is 0 Å². The van der Waals surface area contributed by atoms with Gasteiger partial charge in [-0.2, -0.15) is 13.2 Å². The first kappa shape index (κ1) is 21.0. The lowest BCUT2D eigenvalue weighted by atomic mass is 9.44. The van der Waals surface area contributed by atoms with Crippen LogP contribution in [0.5, 0.6) is 0 Å². The molecule has 4 saturated carbocycles. The highest BCUT2D eigenvalue weighted by atomic mass is 19.4. The number of halogens is 3. The maximum atomic E-state index is 14.2. The van der Waals surface area contributed by atoms with Gasteiger partial charge < -0.3 is 0 Å². The van der Waals surface area contributed by atoms with Crippen molar-refractivity contribution in [3.05, 3.63) is 0 Å². The zero-order valence-electron chi connectivity index (χ0n) is 18.5. The topological polar surface area (TPSA) is 0 Å². The molecule has 4 rings (SSSR count). The highest BCUT2D eigenvalue weighted by Crippen LogP contribution is 2.70. The molecule has 3 heteroatoms. The second-order valence-electron chi connectivity index (χ2n) is 11.6. The van der Waals surface area contributed by atoms with Crippen LogP contribution in [0.3, 0.4) is 0 Å². The Hall–Kier alpha value is -0.210. The van der Waals surface area contributed by atoms with Crippen LogP contribution in [0, 0.1) is 52.3 Å². The van der Waals surface area contributed by atoms with Crippen LogP contribution in [0.15, 0.2) is 0 Å². The van der Waals surface area contributed by atoms with Gasteiger partial charge >= 0.3 is 6.18 Å². The van der Waals surface area contributed by atoms with Crippen molar-refractivity contribution in [1.82, 2.24) is 0 Å². The molecule has 4 aliphatic carbocycles. The number of rotatable bonds is 3. The highest BCUT2D eigenvalue weighted by molar-refractivity contribution is 5.11. The molecule has 9 atom stereocenters. The zero-order chi connectivity index (χ0) is 20.3. The molecule has 0 saturated heterocycles. The lowest BCUT2D eigenvalue weighted by Gasteiger charge is -2.61. The fourth-order valence-electron chi connectivity index (χ4n) is 9.40. The van der Waals surface area contributed by atoms with Gasteiger partial charge in [-0.3, -0.25) is 0 Å². The van der Waals surface area contributed by atoms with Gasteiger partial charge in [-0.15, -0.1) is 0 Å². The summed E-state index contributed by atoms with van der Waals surface area (Å²) in [5, 5.41) is 0. The van der Waals surface area contributed by atoms with Gasteiger partial charge in [-0.25, -0.2) is 0 Å². The summed E-state index contributed by atoms with van der Waals surface area (Å²) in [6.07, 6.45) is 8.39. The molecule has 0 aliphatic heterocycles. The van der Waals surface area contributed by atoms with Crippen molar-refractivity contribution >= 4 is 0 Å². The zero-order valence-corrected chi connectivity index (χ0v) is 18.5. The molecule has 0 nitrogen and oxygen atoms in total. The molecule has 0 radical (unpaired) electrons. The first-order chi connectivity index (χ1) is 13.1. The molecule has 1 unspecified atom stereocenters. The van der Waals surface area contributed by atoms with Crippen molar-refractivity contribution in [2.24, 2.45) is 52.3 Å². The molecule has 0 spiro atoms. The van der Waals surface area contributed by atoms with Crippen molar-refractivity contribution in [2.75, 3.05) is 0 Å². The number of alkyl halides is 3. The maximum absolute atomic E-state index is 14.2. The Morgan fingerprint density at radius 1 is 0.929 bits per heavy atom. The summed E-state index contributed by atoms with van der Waals surface area (Å²) in [6, 6.07) is 0. The van der Waals surface area contributed by atoms with Gasteiger partial charge in [0.15, 0.2) is 0 Å². The van der Waals surface area contributed by atoms with Crippen LogP contribution in [0.2, 0.25) is 0 Å². The predicted molar refractivity (Wildman–Crippen MR) is 109 cm³/mol. The summed E-state index contributed by atoms with van der Waals surface area (Å²) in [5.41, 5.74) is 0.303. The average Bonchev–Trinajstić information content (AvgIpc) is 2.95. The van der Waals surface area contributed by atoms with Gasteiger partial charge in [-0.05, 0) is 91.3 Å². The van der Waals surface area contributed by atoms with Gasteiger partial charge in [0.1, 0.15) is 0 Å². The van der Waals surface area contributed by atoms with Gasteiger partial charge in [-0.1, -0.05) is 53.4 Å². The molecule has 28 heavy (non-hydrogen) atoms. The van der Waals surface area contributed by atoms with Gasteiger partial charge in [0.25, 0.3) is 0 Å². The molecule has 0 bridgehead atoms. The Labute approximate surface area is 170 Å². The minimum atomic E-state index is -4.03. The van der Waals surface area contributed by atoms with E-state index in [0.717, 1.165) is 25.2 Å². The van der Waals surface area contributed by atoms with Crippen LogP contribution in [0.4, 0.5) is 13.2 Å². The summed E-state index contributed by atoms with van der Waals surface area (Å²) < 4.78 is 42.6. The van der Waals surface area contributed by atoms with E-state index in [2.05, 4.69) is 27.7 Å². The quantitative estimate of drug-likeness (QED) is 0.449. The third kappa shape index (κ3) is 3.08. The van der Waals surface area contributed by atoms with E-state index < -0.39 is 12.1 Å². The minimum absolute atomic E-state index is 0.103. The van der Waals surface area contributed by atoms with Crippen molar-refractivity contribution in [3.63, 3.8) is 0 Å². The third-order valence-electron chi connectivity index (χ3n) is 10.5. The van der Waals surface area contributed by atoms with E-state index >= 15 is 0 Å². The normalized spacial score (nSPS) is 49.8. The smallest absolute Gasteiger partial charge is 0.171 e. The minimum Gasteiger partial charge on any atom is -0.171 e. The summed E-state index contributed by atoms with van der Waals surface area (Å²) in [6.45, 7) is 9.03. The number of fused-ring (bicyclic) bond motifs is 5. The first-order valence-electron chi connectivity index (χ1n) is 12.2. The Morgan fingerprint density at radius 3 is 2.36 bits per heavy atom. The predicted octanol–water partition coefficient (Wildman–Crippen LogP) is 8.26. The van der Waals surface area contributed by atoms with Crippen LogP contribution in [-0.2, 0) is 0 Å². The molecule has 4 aliphatic rings. The molecule has 0 aromatic carbocycles. The number of hydrogen-bond donors (Lipinski definition) is 0. The molecule has 0 aromatic rings. The van der Waals surface area contributed by atoms with Crippen molar-refractivity contribution in [1.29, 1.82) is 0 Å². The molecule has 0 N–H and O–H groups in total. The Bertz CT molecular complexity index is 569. The van der Waals surface area contributed by atoms with Crippen molar-refractivity contribution in [2.45, 2.75) is 105 Å². The van der Waals surface area contributed by atoms with Gasteiger partial charge in [0, 0.05) is 0 Å². The molecular weight excluding hydrogens is 357 g/mol. The lowest BCUT2D eigenvalue weighted by molar-refractivity contribution is -0.194. The van der Waals surface area contributed by atoms with E-state index in [1.54, 1.807) is 0 Å². The molecule has 4 fully saturated rings. The van der Waals surface area contributed by atoms with Gasteiger partial charge in [0.2, 0.25) is 0 Å². The Balaban J connectivity index is 1.67. The lowest BCUT2D eigenvalue weighted by Crippen LogP contribution is -2.53. The molecular formula is C25H41F3. The molecule has 162 valence electrons. The summed E-state index contributed by atoms with van der Waals surface area (Å²) >= 11 is 0. The summed E-state index contributed by atoms with van der Waals surface area (Å²) in [4.78, 5) is 0. The van der Waals surface area contributed by atoms with Crippen LogP contribution in [-0.4, -0.2) is 6.18 Å². The van der Waals surface area contributed by atoms with E-state index in [-0.39, 0.29) is 17.3 Å². The SMILES string of the molecule is CCC[C@@H](C)[C@H]1C(C(F)(F)F)C[C@H]2[C@@H]3CC[C@@H]4CCCC[C@]4(C)[C@H]3CC[C@]12C. The monoisotopic (exact) mass is 398 g/mol. The fourth-order valence-corrected chi connectivity index (χ4v) is 9.40. The van der Waals surface area contributed by atoms with Crippen LogP contribution >= 0.6 is 0 Å². The standard InChI is InChI=1S/C25H41F3/c1-5-8-16(2)22-21(25(26,27)28)15-20-18-11-10-17-9-6-7-13-23(17,3)19(18)12-14-24(20,22)4/h16-22H,5-15H2,1-4H3/t16-,17+,18-,19+,20+,21?,22+,23+,24+/m1/s1. The Morgan fingerprint density at radius 2 is 1.68 bits per heavy atom. The van der Waals surface area contributed by atoms with Crippen LogP contribution in [0.1, 0.15) is 98.3 Å². The second-order valence-corrected chi connectivity index (χ2v) is 11.6. The fraction of sp³-hybridized carbons (Fsp3) is 1.00. The number of hydrogen-bond acceptors (Lipinski definition) is 0. The summed E-state index contributed by atoms with van der Waals surface area (Å²) in [7, 11) is 0. The largest absolute Gasteiger partial charge is 0.392 e. The molecule has 0 aromatic heterocycles. The molecule has 0 heterocycles. The van der Waals surface area contributed by atoms with E-state index in [0.29, 0.717) is 29.6 Å². The Kier molecular flexibility index (Phi) is 5.40. The van der Waals surface area contributed by atoms with Gasteiger partial charge in [0.05, 0.1) is 5.92 Å². The first-order valence-corrected chi connectivity index (χ1v) is 12.2. The van der Waals surface area contributed by atoms with Crippen molar-refractivity contribution < 1.29 is 13.2 Å². The second kappa shape index (κ2) is 7.19. The van der Waals surface area contributed by atoms with E-state index in [1.165, 1.54) is 44.9 Å². The molecule has 0 amide bonds.